The molecule has 1 rings (SSSR count). The van der Waals surface area contributed by atoms with Crippen LogP contribution in [-0.4, -0.2) is 21.3 Å². The molecular weight excluding hydrogens is 212 g/mol. The van der Waals surface area contributed by atoms with Gasteiger partial charge in [0.05, 0.1) is 12.9 Å². The minimum absolute atomic E-state index is 0.105. The van der Waals surface area contributed by atoms with Crippen molar-refractivity contribution in [3.63, 3.8) is 0 Å². The zero-order valence-corrected chi connectivity index (χ0v) is 9.62. The number of benzene rings is 1. The summed E-state index contributed by atoms with van der Waals surface area (Å²) in [5.41, 5.74) is 1.90. The first-order valence-electron chi connectivity index (χ1n) is 4.54. The lowest BCUT2D eigenvalue weighted by Gasteiger charge is -2.01. The first kappa shape index (κ1) is 11.9. The number of hydrogen-bond donors (Lipinski definition) is 0. The van der Waals surface area contributed by atoms with Gasteiger partial charge in [0.2, 0.25) is 0 Å². The van der Waals surface area contributed by atoms with E-state index in [0.29, 0.717) is 0 Å². The molecule has 0 heterocycles. The molecule has 0 N–H and O–H groups in total. The van der Waals surface area contributed by atoms with Gasteiger partial charge >= 0.3 is 0 Å². The average molecular weight is 226 g/mol. The number of rotatable bonds is 4. The van der Waals surface area contributed by atoms with E-state index in [2.05, 4.69) is 4.18 Å². The second-order valence-corrected chi connectivity index (χ2v) is 5.01. The highest BCUT2D eigenvalue weighted by molar-refractivity contribution is 7.85. The van der Waals surface area contributed by atoms with Crippen molar-refractivity contribution in [2.45, 2.75) is 6.92 Å². The standard InChI is InChI=1S/C11H14O3S/c1-10(9-14-15(2,12)13)8-11-6-4-3-5-7-11/h3-8H,9H2,1-2H3/b10-8-. The second-order valence-electron chi connectivity index (χ2n) is 3.37. The Bertz CT molecular complexity index is 432. The van der Waals surface area contributed by atoms with Gasteiger partial charge in [0.25, 0.3) is 10.1 Å². The van der Waals surface area contributed by atoms with E-state index < -0.39 is 10.1 Å². The van der Waals surface area contributed by atoms with Crippen molar-refractivity contribution >= 4 is 16.2 Å². The van der Waals surface area contributed by atoms with Crippen LogP contribution in [0, 0.1) is 0 Å². The Morgan fingerprint density at radius 1 is 1.33 bits per heavy atom. The third-order valence-corrected chi connectivity index (χ3v) is 2.26. The van der Waals surface area contributed by atoms with Crippen LogP contribution in [0.2, 0.25) is 0 Å². The molecule has 0 bridgehead atoms. The Balaban J connectivity index is 2.62. The maximum Gasteiger partial charge on any atom is 0.264 e. The van der Waals surface area contributed by atoms with Gasteiger partial charge < -0.3 is 0 Å². The van der Waals surface area contributed by atoms with E-state index >= 15 is 0 Å². The first-order valence-corrected chi connectivity index (χ1v) is 6.36. The van der Waals surface area contributed by atoms with E-state index in [9.17, 15) is 8.42 Å². The lowest BCUT2D eigenvalue weighted by Crippen LogP contribution is -2.04. The highest BCUT2D eigenvalue weighted by Gasteiger charge is 2.01. The van der Waals surface area contributed by atoms with Crippen molar-refractivity contribution in [2.24, 2.45) is 0 Å². The Morgan fingerprint density at radius 3 is 2.47 bits per heavy atom. The molecule has 0 atom stereocenters. The molecular formula is C11H14O3S. The summed E-state index contributed by atoms with van der Waals surface area (Å²) < 4.78 is 26.1. The average Bonchev–Trinajstić information content (AvgIpc) is 2.15. The molecule has 1 aromatic carbocycles. The summed E-state index contributed by atoms with van der Waals surface area (Å²) in [7, 11) is -3.35. The maximum atomic E-state index is 10.7. The second kappa shape index (κ2) is 5.09. The molecule has 0 amide bonds. The summed E-state index contributed by atoms with van der Waals surface area (Å²) in [4.78, 5) is 0. The molecule has 0 saturated carbocycles. The zero-order valence-electron chi connectivity index (χ0n) is 8.80. The Kier molecular flexibility index (Phi) is 4.05. The van der Waals surface area contributed by atoms with Crippen LogP contribution >= 0.6 is 0 Å². The fourth-order valence-corrected chi connectivity index (χ4v) is 1.48. The van der Waals surface area contributed by atoms with E-state index in [1.165, 1.54) is 0 Å². The smallest absolute Gasteiger partial charge is 0.264 e. The van der Waals surface area contributed by atoms with Gasteiger partial charge in [-0.15, -0.1) is 0 Å². The molecule has 0 unspecified atom stereocenters. The van der Waals surface area contributed by atoms with Crippen LogP contribution in [0.15, 0.2) is 35.9 Å². The van der Waals surface area contributed by atoms with Gasteiger partial charge in [-0.25, -0.2) is 0 Å². The SMILES string of the molecule is C/C(=C/c1ccccc1)COS(C)(=O)=O. The fourth-order valence-electron chi connectivity index (χ4n) is 1.08. The van der Waals surface area contributed by atoms with Crippen LogP contribution in [-0.2, 0) is 14.3 Å². The van der Waals surface area contributed by atoms with Gasteiger partial charge in [0, 0.05) is 0 Å². The first-order chi connectivity index (χ1) is 6.97. The van der Waals surface area contributed by atoms with Crippen molar-refractivity contribution in [3.05, 3.63) is 41.5 Å². The zero-order chi connectivity index (χ0) is 11.3. The molecule has 0 saturated heterocycles. The molecule has 0 aromatic heterocycles. The van der Waals surface area contributed by atoms with Gasteiger partial charge in [0.1, 0.15) is 0 Å². The van der Waals surface area contributed by atoms with Crippen LogP contribution in [0.1, 0.15) is 12.5 Å². The molecule has 82 valence electrons. The van der Waals surface area contributed by atoms with Gasteiger partial charge in [0.15, 0.2) is 0 Å². The van der Waals surface area contributed by atoms with E-state index in [1.807, 2.05) is 43.3 Å². The van der Waals surface area contributed by atoms with E-state index in [0.717, 1.165) is 17.4 Å². The molecule has 0 spiro atoms. The molecule has 0 aliphatic rings. The van der Waals surface area contributed by atoms with Crippen LogP contribution in [0.3, 0.4) is 0 Å². The van der Waals surface area contributed by atoms with Crippen molar-refractivity contribution < 1.29 is 12.6 Å². The predicted molar refractivity (Wildman–Crippen MR) is 60.9 cm³/mol. The van der Waals surface area contributed by atoms with Crippen molar-refractivity contribution in [1.29, 1.82) is 0 Å². The largest absolute Gasteiger partial charge is 0.266 e. The molecule has 0 aliphatic carbocycles. The summed E-state index contributed by atoms with van der Waals surface area (Å²) >= 11 is 0. The molecule has 4 heteroatoms. The van der Waals surface area contributed by atoms with Crippen LogP contribution in [0.25, 0.3) is 6.08 Å². The summed E-state index contributed by atoms with van der Waals surface area (Å²) in [5, 5.41) is 0. The summed E-state index contributed by atoms with van der Waals surface area (Å²) in [6.45, 7) is 1.94. The Hall–Kier alpha value is -1.13. The molecule has 0 aliphatic heterocycles. The predicted octanol–water partition coefficient (Wildman–Crippen LogP) is 2.07. The summed E-state index contributed by atoms with van der Waals surface area (Å²) in [6.07, 6.45) is 2.94. The van der Waals surface area contributed by atoms with Crippen LogP contribution < -0.4 is 0 Å². The highest BCUT2D eigenvalue weighted by atomic mass is 32.2. The van der Waals surface area contributed by atoms with Gasteiger partial charge in [-0.2, -0.15) is 8.42 Å². The molecule has 15 heavy (non-hydrogen) atoms. The van der Waals surface area contributed by atoms with Crippen LogP contribution in [0.4, 0.5) is 0 Å². The summed E-state index contributed by atoms with van der Waals surface area (Å²) in [6, 6.07) is 9.68. The maximum absolute atomic E-state index is 10.7. The highest BCUT2D eigenvalue weighted by Crippen LogP contribution is 2.06. The third kappa shape index (κ3) is 5.34. The fraction of sp³-hybridized carbons (Fsp3) is 0.273. The van der Waals surface area contributed by atoms with Crippen LogP contribution in [0.5, 0.6) is 0 Å². The number of hydrogen-bond acceptors (Lipinski definition) is 3. The lowest BCUT2D eigenvalue weighted by molar-refractivity contribution is 0.353. The summed E-state index contributed by atoms with van der Waals surface area (Å²) in [5.74, 6) is 0. The Morgan fingerprint density at radius 2 is 1.93 bits per heavy atom. The molecule has 0 fully saturated rings. The third-order valence-electron chi connectivity index (χ3n) is 1.71. The minimum Gasteiger partial charge on any atom is -0.266 e. The topological polar surface area (TPSA) is 43.4 Å². The normalized spacial score (nSPS) is 12.8. The van der Waals surface area contributed by atoms with Gasteiger partial charge in [-0.05, 0) is 18.1 Å². The van der Waals surface area contributed by atoms with Crippen molar-refractivity contribution in [3.8, 4) is 0 Å². The van der Waals surface area contributed by atoms with Gasteiger partial charge in [-0.1, -0.05) is 36.4 Å². The monoisotopic (exact) mass is 226 g/mol. The van der Waals surface area contributed by atoms with Crippen molar-refractivity contribution in [1.82, 2.24) is 0 Å². The molecule has 3 nitrogen and oxygen atoms in total. The van der Waals surface area contributed by atoms with Crippen molar-refractivity contribution in [2.75, 3.05) is 12.9 Å². The van der Waals surface area contributed by atoms with E-state index in [1.54, 1.807) is 0 Å². The molecule has 0 radical (unpaired) electrons. The lowest BCUT2D eigenvalue weighted by atomic mass is 10.1. The quantitative estimate of drug-likeness (QED) is 0.738. The van der Waals surface area contributed by atoms with Gasteiger partial charge in [-0.3, -0.25) is 4.18 Å². The Labute approximate surface area is 90.5 Å². The minimum atomic E-state index is -3.35. The van der Waals surface area contributed by atoms with E-state index in [4.69, 9.17) is 0 Å². The van der Waals surface area contributed by atoms with E-state index in [-0.39, 0.29) is 6.61 Å². The molecule has 1 aromatic rings.